The van der Waals surface area contributed by atoms with E-state index in [9.17, 15) is 14.4 Å². The lowest BCUT2D eigenvalue weighted by molar-refractivity contribution is -0.132. The lowest BCUT2D eigenvalue weighted by atomic mass is 10.3. The number of H-pyrrole nitrogens is 1. The van der Waals surface area contributed by atoms with Gasteiger partial charge in [-0.1, -0.05) is 0 Å². The third kappa shape index (κ3) is 3.30. The highest BCUT2D eigenvalue weighted by Gasteiger charge is 2.15. The fourth-order valence-corrected chi connectivity index (χ4v) is 1.61. The van der Waals surface area contributed by atoms with Crippen LogP contribution in [0.3, 0.4) is 0 Å². The molecule has 100 valence electrons. The molecule has 0 spiro atoms. The molecule has 0 fully saturated rings. The van der Waals surface area contributed by atoms with Gasteiger partial charge in [0, 0.05) is 25.8 Å². The number of amides is 1. The zero-order chi connectivity index (χ0) is 13.9. The van der Waals surface area contributed by atoms with Crippen molar-refractivity contribution in [3.05, 3.63) is 31.5 Å². The van der Waals surface area contributed by atoms with Gasteiger partial charge in [-0.05, 0) is 22.9 Å². The predicted molar refractivity (Wildman–Crippen MR) is 70.3 cm³/mol. The SMILES string of the molecule is CC(CN)N(C)C(=O)Cn1cc(Br)c(=O)[nH]c1=O. The zero-order valence-corrected chi connectivity index (χ0v) is 11.7. The summed E-state index contributed by atoms with van der Waals surface area (Å²) in [5, 5.41) is 0. The van der Waals surface area contributed by atoms with Crippen LogP contribution in [0.4, 0.5) is 0 Å². The second-order valence-corrected chi connectivity index (χ2v) is 4.81. The summed E-state index contributed by atoms with van der Waals surface area (Å²) in [4.78, 5) is 38.1. The first-order valence-electron chi connectivity index (χ1n) is 5.31. The minimum atomic E-state index is -0.620. The number of aromatic nitrogens is 2. The Kier molecular flexibility index (Phi) is 4.85. The Labute approximate surface area is 112 Å². The molecule has 8 heteroatoms. The van der Waals surface area contributed by atoms with Crippen LogP contribution in [0.25, 0.3) is 0 Å². The summed E-state index contributed by atoms with van der Waals surface area (Å²) in [7, 11) is 1.62. The quantitative estimate of drug-likeness (QED) is 0.751. The van der Waals surface area contributed by atoms with E-state index in [1.165, 1.54) is 11.1 Å². The van der Waals surface area contributed by atoms with Crippen LogP contribution in [0.2, 0.25) is 0 Å². The Balaban J connectivity index is 2.92. The van der Waals surface area contributed by atoms with Gasteiger partial charge in [0.2, 0.25) is 5.91 Å². The lowest BCUT2D eigenvalue weighted by Crippen LogP contribution is -2.43. The molecule has 18 heavy (non-hydrogen) atoms. The summed E-state index contributed by atoms with van der Waals surface area (Å²) >= 11 is 3.00. The highest BCUT2D eigenvalue weighted by molar-refractivity contribution is 9.10. The average molecular weight is 319 g/mol. The van der Waals surface area contributed by atoms with E-state index in [-0.39, 0.29) is 23.0 Å². The molecule has 3 N–H and O–H groups in total. The first-order chi connectivity index (χ1) is 8.36. The van der Waals surface area contributed by atoms with Gasteiger partial charge in [0.25, 0.3) is 5.56 Å². The summed E-state index contributed by atoms with van der Waals surface area (Å²) in [5.74, 6) is -0.256. The standard InChI is InChI=1S/C10H15BrN4O3/c1-6(3-12)14(2)8(16)5-15-4-7(11)9(17)13-10(15)18/h4,6H,3,5,12H2,1-2H3,(H,13,17,18). The molecule has 0 bridgehead atoms. The van der Waals surface area contributed by atoms with Crippen LogP contribution >= 0.6 is 15.9 Å². The average Bonchev–Trinajstić information content (AvgIpc) is 2.33. The molecule has 1 atom stereocenters. The van der Waals surface area contributed by atoms with Crippen molar-refractivity contribution in [3.63, 3.8) is 0 Å². The maximum absolute atomic E-state index is 11.9. The van der Waals surface area contributed by atoms with Gasteiger partial charge in [0.1, 0.15) is 6.54 Å². The van der Waals surface area contributed by atoms with Gasteiger partial charge >= 0.3 is 5.69 Å². The molecule has 7 nitrogen and oxygen atoms in total. The van der Waals surface area contributed by atoms with Crippen LogP contribution in [0.15, 0.2) is 20.3 Å². The largest absolute Gasteiger partial charge is 0.340 e. The number of nitrogens with two attached hydrogens (primary N) is 1. The Morgan fingerprint density at radius 2 is 2.22 bits per heavy atom. The van der Waals surface area contributed by atoms with Crippen LogP contribution in [0.1, 0.15) is 6.92 Å². The van der Waals surface area contributed by atoms with Crippen molar-refractivity contribution in [2.24, 2.45) is 5.73 Å². The van der Waals surface area contributed by atoms with Crippen LogP contribution < -0.4 is 17.0 Å². The number of hydrogen-bond acceptors (Lipinski definition) is 4. The van der Waals surface area contributed by atoms with Crippen LogP contribution in [0, 0.1) is 0 Å². The summed E-state index contributed by atoms with van der Waals surface area (Å²) < 4.78 is 1.33. The highest BCUT2D eigenvalue weighted by atomic mass is 79.9. The van der Waals surface area contributed by atoms with Gasteiger partial charge in [-0.3, -0.25) is 19.1 Å². The van der Waals surface area contributed by atoms with Gasteiger partial charge in [-0.2, -0.15) is 0 Å². The van der Waals surface area contributed by atoms with Gasteiger partial charge < -0.3 is 10.6 Å². The molecule has 0 aliphatic carbocycles. The Morgan fingerprint density at radius 3 is 2.78 bits per heavy atom. The van der Waals surface area contributed by atoms with Crippen molar-refractivity contribution >= 4 is 21.8 Å². The number of aromatic amines is 1. The topological polar surface area (TPSA) is 101 Å². The van der Waals surface area contributed by atoms with Crippen LogP contribution in [-0.2, 0) is 11.3 Å². The van der Waals surface area contributed by atoms with Crippen molar-refractivity contribution < 1.29 is 4.79 Å². The number of halogens is 1. The van der Waals surface area contributed by atoms with Crippen molar-refractivity contribution in [2.45, 2.75) is 19.5 Å². The number of likely N-dealkylation sites (N-methyl/N-ethyl adjacent to an activating group) is 1. The predicted octanol–water partition coefficient (Wildman–Crippen LogP) is -0.895. The molecule has 1 rings (SSSR count). The maximum atomic E-state index is 11.9. The number of carbonyl (C=O) groups excluding carboxylic acids is 1. The molecule has 1 amide bonds. The summed E-state index contributed by atoms with van der Waals surface area (Å²) in [6, 6.07) is -0.112. The number of nitrogens with zero attached hydrogens (tertiary/aromatic N) is 2. The number of nitrogens with one attached hydrogen (secondary N) is 1. The van der Waals surface area contributed by atoms with E-state index in [0.29, 0.717) is 6.54 Å². The molecule has 1 aromatic heterocycles. The Bertz CT molecular complexity index is 551. The Morgan fingerprint density at radius 1 is 1.61 bits per heavy atom. The van der Waals surface area contributed by atoms with Crippen molar-refractivity contribution in [1.82, 2.24) is 14.5 Å². The van der Waals surface area contributed by atoms with E-state index in [1.807, 2.05) is 6.92 Å². The molecule has 1 unspecified atom stereocenters. The van der Waals surface area contributed by atoms with Crippen LogP contribution in [-0.4, -0.2) is 40.0 Å². The number of rotatable bonds is 4. The normalized spacial score (nSPS) is 12.2. The lowest BCUT2D eigenvalue weighted by Gasteiger charge is -2.23. The fraction of sp³-hybridized carbons (Fsp3) is 0.500. The molecular formula is C10H15BrN4O3. The van der Waals surface area contributed by atoms with Gasteiger partial charge in [-0.25, -0.2) is 4.79 Å². The van der Waals surface area contributed by atoms with E-state index in [2.05, 4.69) is 20.9 Å². The summed E-state index contributed by atoms with van der Waals surface area (Å²) in [5.41, 5.74) is 4.32. The molecule has 0 aliphatic rings. The molecule has 0 saturated heterocycles. The minimum Gasteiger partial charge on any atom is -0.340 e. The summed E-state index contributed by atoms with van der Waals surface area (Å²) in [6.07, 6.45) is 1.29. The van der Waals surface area contributed by atoms with Crippen molar-refractivity contribution in [1.29, 1.82) is 0 Å². The third-order valence-corrected chi connectivity index (χ3v) is 3.23. The van der Waals surface area contributed by atoms with Gasteiger partial charge in [-0.15, -0.1) is 0 Å². The number of hydrogen-bond donors (Lipinski definition) is 2. The van der Waals surface area contributed by atoms with Gasteiger partial charge in [0.05, 0.1) is 4.47 Å². The smallest absolute Gasteiger partial charge is 0.328 e. The Hall–Kier alpha value is -1.41. The molecule has 0 saturated carbocycles. The first kappa shape index (κ1) is 14.7. The van der Waals surface area contributed by atoms with E-state index in [1.54, 1.807) is 7.05 Å². The molecule has 0 aliphatic heterocycles. The van der Waals surface area contributed by atoms with E-state index in [4.69, 9.17) is 5.73 Å². The molecule has 1 aromatic rings. The van der Waals surface area contributed by atoms with Crippen LogP contribution in [0.5, 0.6) is 0 Å². The zero-order valence-electron chi connectivity index (χ0n) is 10.1. The molecule has 0 radical (unpaired) electrons. The summed E-state index contributed by atoms with van der Waals surface area (Å²) in [6.45, 7) is 2.00. The second-order valence-electron chi connectivity index (χ2n) is 3.95. The van der Waals surface area contributed by atoms with E-state index >= 15 is 0 Å². The van der Waals surface area contributed by atoms with Crippen molar-refractivity contribution in [3.8, 4) is 0 Å². The first-order valence-corrected chi connectivity index (χ1v) is 6.11. The number of carbonyl (C=O) groups is 1. The fourth-order valence-electron chi connectivity index (χ4n) is 1.26. The molecule has 0 aromatic carbocycles. The second kappa shape index (κ2) is 5.96. The minimum absolute atomic E-state index is 0.112. The van der Waals surface area contributed by atoms with Crippen molar-refractivity contribution in [2.75, 3.05) is 13.6 Å². The van der Waals surface area contributed by atoms with Gasteiger partial charge in [0.15, 0.2) is 0 Å². The molecular weight excluding hydrogens is 304 g/mol. The van der Waals surface area contributed by atoms with E-state index < -0.39 is 11.2 Å². The maximum Gasteiger partial charge on any atom is 0.328 e. The monoisotopic (exact) mass is 318 g/mol. The third-order valence-electron chi connectivity index (χ3n) is 2.67. The highest BCUT2D eigenvalue weighted by Crippen LogP contribution is 2.00. The van der Waals surface area contributed by atoms with E-state index in [0.717, 1.165) is 4.57 Å². The molecule has 1 heterocycles.